The van der Waals surface area contributed by atoms with Crippen LogP contribution in [0.15, 0.2) is 18.3 Å². The summed E-state index contributed by atoms with van der Waals surface area (Å²) in [6.07, 6.45) is 6.11. The number of pyridine rings is 2. The van der Waals surface area contributed by atoms with E-state index in [4.69, 9.17) is 4.98 Å². The largest absolute Gasteiger partial charge is 0.262 e. The molecule has 3 aromatic rings. The summed E-state index contributed by atoms with van der Waals surface area (Å²) in [6, 6.07) is 4.25. The quantitative estimate of drug-likeness (QED) is 0.728. The lowest BCUT2D eigenvalue weighted by Gasteiger charge is -2.31. The molecule has 6 nitrogen and oxygen atoms in total. The number of aryl methyl sites for hydroxylation is 2. The molecule has 0 radical (unpaired) electrons. The van der Waals surface area contributed by atoms with Crippen LogP contribution in [0.4, 0.5) is 0 Å². The van der Waals surface area contributed by atoms with E-state index in [0.717, 1.165) is 36.2 Å². The van der Waals surface area contributed by atoms with Crippen LogP contribution in [-0.4, -0.2) is 30.6 Å². The highest BCUT2D eigenvalue weighted by molar-refractivity contribution is 5.86. The molecule has 146 valence electrons. The summed E-state index contributed by atoms with van der Waals surface area (Å²) >= 11 is 0. The molecule has 0 amide bonds. The van der Waals surface area contributed by atoms with Gasteiger partial charge in [-0.15, -0.1) is 5.10 Å². The first-order valence-electron chi connectivity index (χ1n) is 10.1. The number of tetrazole rings is 1. The maximum atomic E-state index is 5.22. The molecule has 4 rings (SSSR count). The second kappa shape index (κ2) is 7.08. The Balaban J connectivity index is 2.12. The van der Waals surface area contributed by atoms with Crippen molar-refractivity contribution in [2.45, 2.75) is 65.7 Å². The molecule has 28 heavy (non-hydrogen) atoms. The van der Waals surface area contributed by atoms with Gasteiger partial charge in [0.1, 0.15) is 0 Å². The number of hydrogen-bond acceptors (Lipinski definition) is 5. The lowest BCUT2D eigenvalue weighted by molar-refractivity contribution is 0.470. The van der Waals surface area contributed by atoms with Crippen molar-refractivity contribution < 1.29 is 0 Å². The zero-order valence-electron chi connectivity index (χ0n) is 17.4. The molecule has 3 aromatic heterocycles. The van der Waals surface area contributed by atoms with Crippen molar-refractivity contribution in [3.63, 3.8) is 0 Å². The summed E-state index contributed by atoms with van der Waals surface area (Å²) in [6.45, 7) is 11.1. The highest BCUT2D eigenvalue weighted by Crippen LogP contribution is 2.44. The van der Waals surface area contributed by atoms with Crippen molar-refractivity contribution in [2.24, 2.45) is 5.92 Å². The summed E-state index contributed by atoms with van der Waals surface area (Å²) in [5.74, 6) is 1.33. The molecule has 0 aliphatic heterocycles. The molecule has 0 fully saturated rings. The zero-order chi connectivity index (χ0) is 19.9. The van der Waals surface area contributed by atoms with Crippen LogP contribution >= 0.6 is 0 Å². The molecule has 0 bridgehead atoms. The summed E-state index contributed by atoms with van der Waals surface area (Å²) < 4.78 is 0. The molecule has 1 atom stereocenters. The normalized spacial score (nSPS) is 16.8. The predicted octanol–water partition coefficient (Wildman–Crippen LogP) is 4.44. The van der Waals surface area contributed by atoms with Gasteiger partial charge in [0, 0.05) is 23.0 Å². The first kappa shape index (κ1) is 18.7. The van der Waals surface area contributed by atoms with Crippen LogP contribution in [0.25, 0.3) is 22.5 Å². The summed E-state index contributed by atoms with van der Waals surface area (Å²) in [4.78, 5) is 9.63. The number of H-pyrrole nitrogens is 1. The fourth-order valence-corrected chi connectivity index (χ4v) is 4.10. The maximum absolute atomic E-state index is 5.22. The van der Waals surface area contributed by atoms with Gasteiger partial charge in [0.05, 0.1) is 11.3 Å². The number of rotatable bonds is 4. The number of fused-ring (bicyclic) bond motifs is 1. The number of nitrogens with zero attached hydrogens (tertiary/aromatic N) is 5. The van der Waals surface area contributed by atoms with E-state index in [0.29, 0.717) is 11.7 Å². The zero-order valence-corrected chi connectivity index (χ0v) is 17.4. The van der Waals surface area contributed by atoms with E-state index in [1.54, 1.807) is 0 Å². The van der Waals surface area contributed by atoms with Crippen LogP contribution in [0.3, 0.4) is 0 Å². The van der Waals surface area contributed by atoms with Crippen LogP contribution in [0.2, 0.25) is 0 Å². The smallest absolute Gasteiger partial charge is 0.181 e. The molecular weight excluding hydrogens is 348 g/mol. The first-order valence-corrected chi connectivity index (χ1v) is 10.1. The van der Waals surface area contributed by atoms with Crippen molar-refractivity contribution in [1.29, 1.82) is 0 Å². The SMILES string of the molecule is CCC(C)(C)c1nc2c(c(-c3ccnc(C)c3)c1-c1nnn[nH]1)CC(C)CC2. The number of aromatic amines is 1. The highest BCUT2D eigenvalue weighted by atomic mass is 15.5. The standard InChI is InChI=1S/C22H28N6/c1-6-22(4,5)20-19(21-25-27-28-26-21)18(15-9-10-23-14(3)12-15)16-11-13(2)7-8-17(16)24-20/h9-10,12-13H,6-8,11H2,1-5H3,(H,25,26,27,28). The third-order valence-corrected chi connectivity index (χ3v) is 6.10. The Bertz CT molecular complexity index is 991. The van der Waals surface area contributed by atoms with Crippen LogP contribution in [0.5, 0.6) is 0 Å². The molecular formula is C22H28N6. The highest BCUT2D eigenvalue weighted by Gasteiger charge is 2.33. The van der Waals surface area contributed by atoms with Gasteiger partial charge in [-0.25, -0.2) is 5.10 Å². The molecule has 0 aromatic carbocycles. The lowest BCUT2D eigenvalue weighted by Crippen LogP contribution is -2.24. The molecule has 0 spiro atoms. The Morgan fingerprint density at radius 3 is 2.75 bits per heavy atom. The summed E-state index contributed by atoms with van der Waals surface area (Å²) in [7, 11) is 0. The number of nitrogens with one attached hydrogen (secondary N) is 1. The summed E-state index contributed by atoms with van der Waals surface area (Å²) in [5.41, 5.74) is 7.99. The van der Waals surface area contributed by atoms with Crippen molar-refractivity contribution in [2.75, 3.05) is 0 Å². The third-order valence-electron chi connectivity index (χ3n) is 6.10. The van der Waals surface area contributed by atoms with E-state index >= 15 is 0 Å². The van der Waals surface area contributed by atoms with Crippen molar-refractivity contribution in [3.8, 4) is 22.5 Å². The van der Waals surface area contributed by atoms with E-state index in [1.165, 1.54) is 28.8 Å². The van der Waals surface area contributed by atoms with Gasteiger partial charge in [0.25, 0.3) is 0 Å². The number of hydrogen-bond donors (Lipinski definition) is 1. The second-order valence-corrected chi connectivity index (χ2v) is 8.66. The van der Waals surface area contributed by atoms with Gasteiger partial charge in [-0.05, 0) is 77.8 Å². The monoisotopic (exact) mass is 376 g/mol. The molecule has 1 aliphatic rings. The van der Waals surface area contributed by atoms with Gasteiger partial charge >= 0.3 is 0 Å². The van der Waals surface area contributed by atoms with Gasteiger partial charge < -0.3 is 0 Å². The average Bonchev–Trinajstić information content (AvgIpc) is 3.21. The Morgan fingerprint density at radius 2 is 2.07 bits per heavy atom. The topological polar surface area (TPSA) is 80.2 Å². The first-order chi connectivity index (χ1) is 13.4. The van der Waals surface area contributed by atoms with Crippen LogP contribution in [0, 0.1) is 12.8 Å². The van der Waals surface area contributed by atoms with Gasteiger partial charge in [-0.2, -0.15) is 0 Å². The maximum Gasteiger partial charge on any atom is 0.181 e. The van der Waals surface area contributed by atoms with Gasteiger partial charge in [-0.1, -0.05) is 27.7 Å². The lowest BCUT2D eigenvalue weighted by atomic mass is 9.76. The third kappa shape index (κ3) is 3.21. The van der Waals surface area contributed by atoms with Crippen LogP contribution in [0.1, 0.15) is 63.2 Å². The van der Waals surface area contributed by atoms with E-state index in [2.05, 4.69) is 65.4 Å². The average molecular weight is 377 g/mol. The van der Waals surface area contributed by atoms with E-state index in [9.17, 15) is 0 Å². The Kier molecular flexibility index (Phi) is 4.73. The minimum atomic E-state index is -0.0863. The second-order valence-electron chi connectivity index (χ2n) is 8.66. The van der Waals surface area contributed by atoms with Crippen LogP contribution < -0.4 is 0 Å². The molecule has 3 heterocycles. The molecule has 1 N–H and O–H groups in total. The van der Waals surface area contributed by atoms with Gasteiger partial charge in [0.2, 0.25) is 0 Å². The fourth-order valence-electron chi connectivity index (χ4n) is 4.10. The Labute approximate surface area is 166 Å². The molecule has 6 heteroatoms. The van der Waals surface area contributed by atoms with E-state index in [1.807, 2.05) is 13.1 Å². The van der Waals surface area contributed by atoms with Gasteiger partial charge in [-0.3, -0.25) is 9.97 Å². The van der Waals surface area contributed by atoms with Gasteiger partial charge in [0.15, 0.2) is 5.82 Å². The molecule has 1 aliphatic carbocycles. The van der Waals surface area contributed by atoms with Crippen LogP contribution in [-0.2, 0) is 18.3 Å². The Hall–Kier alpha value is -2.63. The van der Waals surface area contributed by atoms with E-state index in [-0.39, 0.29) is 5.41 Å². The van der Waals surface area contributed by atoms with Crippen molar-refractivity contribution in [3.05, 3.63) is 41.0 Å². The molecule has 1 unspecified atom stereocenters. The Morgan fingerprint density at radius 1 is 1.25 bits per heavy atom. The number of aromatic nitrogens is 6. The minimum Gasteiger partial charge on any atom is -0.262 e. The summed E-state index contributed by atoms with van der Waals surface area (Å²) in [5, 5.41) is 15.0. The molecule has 0 saturated heterocycles. The fraction of sp³-hybridized carbons (Fsp3) is 0.500. The van der Waals surface area contributed by atoms with Crippen molar-refractivity contribution >= 4 is 0 Å². The van der Waals surface area contributed by atoms with Crippen molar-refractivity contribution in [1.82, 2.24) is 30.6 Å². The molecule has 0 saturated carbocycles. The van der Waals surface area contributed by atoms with E-state index < -0.39 is 0 Å². The minimum absolute atomic E-state index is 0.0863. The predicted molar refractivity (Wildman–Crippen MR) is 110 cm³/mol.